The van der Waals surface area contributed by atoms with Gasteiger partial charge in [0.2, 0.25) is 0 Å². The number of allylic oxidation sites excluding steroid dienone is 1. The van der Waals surface area contributed by atoms with Crippen LogP contribution in [0.3, 0.4) is 0 Å². The summed E-state index contributed by atoms with van der Waals surface area (Å²) in [5, 5.41) is 4.04. The fraction of sp³-hybridized carbons (Fsp3) is 0.500. The van der Waals surface area contributed by atoms with Crippen LogP contribution in [0.4, 0.5) is 4.79 Å². The number of carbonyl (C=O) groups is 2. The molecule has 2 atom stereocenters. The van der Waals surface area contributed by atoms with Gasteiger partial charge >= 0.3 is 12.1 Å². The Hall–Kier alpha value is -3.06. The van der Waals surface area contributed by atoms with E-state index in [1.54, 1.807) is 7.11 Å². The second-order valence-electron chi connectivity index (χ2n) is 12.4. The second-order valence-corrected chi connectivity index (χ2v) is 17.6. The van der Waals surface area contributed by atoms with Crippen molar-refractivity contribution in [2.24, 2.45) is 0 Å². The Kier molecular flexibility index (Phi) is 8.31. The molecule has 0 aromatic heterocycles. The van der Waals surface area contributed by atoms with E-state index in [1.807, 2.05) is 44.2 Å². The Morgan fingerprint density at radius 2 is 1.87 bits per heavy atom. The number of hydrogen-bond acceptors (Lipinski definition) is 5. The fourth-order valence-electron chi connectivity index (χ4n) is 5.70. The van der Waals surface area contributed by atoms with Crippen molar-refractivity contribution in [3.05, 3.63) is 69.8 Å². The number of hydrogen-bond donors (Lipinski definition) is 1. The lowest BCUT2D eigenvalue weighted by atomic mass is 9.93. The molecule has 1 N–H and O–H groups in total. The number of alkyl carbamates (subject to hydrolysis) is 1. The molecule has 6 nitrogen and oxygen atoms in total. The van der Waals surface area contributed by atoms with Gasteiger partial charge in [-0.25, -0.2) is 9.59 Å². The first-order valence-corrected chi connectivity index (χ1v) is 17.0. The maximum absolute atomic E-state index is 13.2. The molecule has 0 saturated heterocycles. The largest absolute Gasteiger partial charge is 0.496 e. The monoisotopic (exact) mass is 549 g/mol. The maximum Gasteiger partial charge on any atom is 0.408 e. The van der Waals surface area contributed by atoms with E-state index in [0.29, 0.717) is 12.0 Å². The minimum absolute atomic E-state index is 0.0376. The molecule has 2 aromatic carbocycles. The first kappa shape index (κ1) is 28.9. The third-order valence-electron chi connectivity index (χ3n) is 8.94. The number of esters is 1. The van der Waals surface area contributed by atoms with Crippen LogP contribution in [0.5, 0.6) is 5.75 Å². The van der Waals surface area contributed by atoms with Gasteiger partial charge in [0, 0.05) is 12.0 Å². The van der Waals surface area contributed by atoms with Gasteiger partial charge in [-0.2, -0.15) is 0 Å². The van der Waals surface area contributed by atoms with Crippen molar-refractivity contribution in [2.45, 2.75) is 97.2 Å². The highest BCUT2D eigenvalue weighted by molar-refractivity contribution is 6.93. The summed E-state index contributed by atoms with van der Waals surface area (Å²) >= 11 is 0. The van der Waals surface area contributed by atoms with Gasteiger partial charge in [-0.05, 0) is 65.6 Å². The molecule has 2 aliphatic rings. The van der Waals surface area contributed by atoms with Crippen molar-refractivity contribution in [3.8, 4) is 5.75 Å². The van der Waals surface area contributed by atoms with Crippen LogP contribution in [0.15, 0.2) is 42.0 Å². The molecule has 7 heteroatoms. The van der Waals surface area contributed by atoms with E-state index in [0.717, 1.165) is 58.0 Å². The van der Waals surface area contributed by atoms with Crippen molar-refractivity contribution in [1.82, 2.24) is 5.32 Å². The molecule has 0 fully saturated rings. The second kappa shape index (κ2) is 11.2. The zero-order valence-electron chi connectivity index (χ0n) is 24.7. The topological polar surface area (TPSA) is 73.9 Å². The predicted molar refractivity (Wildman–Crippen MR) is 158 cm³/mol. The molecule has 4 rings (SSSR count). The van der Waals surface area contributed by atoms with Gasteiger partial charge in [0.25, 0.3) is 0 Å². The zero-order chi connectivity index (χ0) is 28.5. The summed E-state index contributed by atoms with van der Waals surface area (Å²) in [6.07, 6.45) is 4.64. The van der Waals surface area contributed by atoms with Crippen LogP contribution in [0.1, 0.15) is 85.6 Å². The summed E-state index contributed by atoms with van der Waals surface area (Å²) in [7, 11) is -0.583. The van der Waals surface area contributed by atoms with Crippen LogP contribution in [0.2, 0.25) is 18.1 Å². The molecule has 1 amide bonds. The number of benzene rings is 2. The molecule has 0 spiro atoms. The van der Waals surface area contributed by atoms with E-state index in [-0.39, 0.29) is 23.7 Å². The van der Waals surface area contributed by atoms with Crippen molar-refractivity contribution < 1.29 is 23.8 Å². The molecule has 1 heterocycles. The van der Waals surface area contributed by atoms with E-state index in [1.165, 1.54) is 0 Å². The Labute approximate surface area is 234 Å². The van der Waals surface area contributed by atoms with Gasteiger partial charge in [0.05, 0.1) is 26.8 Å². The maximum atomic E-state index is 13.2. The van der Waals surface area contributed by atoms with Crippen molar-refractivity contribution >= 4 is 25.3 Å². The Morgan fingerprint density at radius 3 is 2.46 bits per heavy atom. The van der Waals surface area contributed by atoms with Crippen LogP contribution < -0.4 is 15.2 Å². The Morgan fingerprint density at radius 1 is 1.18 bits per heavy atom. The van der Waals surface area contributed by atoms with Gasteiger partial charge in [-0.3, -0.25) is 0 Å². The number of amides is 1. The molecular formula is C32H43NO5Si. The van der Waals surface area contributed by atoms with Gasteiger partial charge in [-0.1, -0.05) is 70.3 Å². The predicted octanol–water partition coefficient (Wildman–Crippen LogP) is 6.90. The normalized spacial score (nSPS) is 16.7. The number of fused-ring (bicyclic) bond motifs is 1. The molecule has 0 saturated carbocycles. The van der Waals surface area contributed by atoms with Crippen molar-refractivity contribution in [1.29, 1.82) is 0 Å². The first-order chi connectivity index (χ1) is 18.4. The van der Waals surface area contributed by atoms with Crippen LogP contribution in [-0.2, 0) is 22.5 Å². The van der Waals surface area contributed by atoms with E-state index in [4.69, 9.17) is 14.2 Å². The molecule has 2 unspecified atom stereocenters. The molecule has 0 bridgehead atoms. The van der Waals surface area contributed by atoms with Crippen LogP contribution in [-0.4, -0.2) is 33.4 Å². The number of methoxy groups -OCH3 is 1. The quantitative estimate of drug-likeness (QED) is 0.220. The number of nitrogens with one attached hydrogen (secondary N) is 1. The highest BCUT2D eigenvalue weighted by Gasteiger charge is 2.45. The van der Waals surface area contributed by atoms with Crippen molar-refractivity contribution in [2.75, 3.05) is 7.11 Å². The third kappa shape index (κ3) is 5.65. The number of ether oxygens (including phenoxy) is 3. The number of cyclic esters (lactones) is 1. The summed E-state index contributed by atoms with van der Waals surface area (Å²) in [5.74, 6) is 0.515. The molecule has 0 radical (unpaired) electrons. The van der Waals surface area contributed by atoms with Crippen molar-refractivity contribution in [3.63, 3.8) is 0 Å². The van der Waals surface area contributed by atoms with E-state index in [2.05, 4.69) is 45.3 Å². The van der Waals surface area contributed by atoms with Gasteiger partial charge < -0.3 is 19.5 Å². The summed E-state index contributed by atoms with van der Waals surface area (Å²) < 4.78 is 17.8. The zero-order valence-corrected chi connectivity index (χ0v) is 25.7. The summed E-state index contributed by atoms with van der Waals surface area (Å²) in [4.78, 5) is 26.4. The highest BCUT2D eigenvalue weighted by atomic mass is 28.3. The van der Waals surface area contributed by atoms with E-state index < -0.39 is 20.3 Å². The average Bonchev–Trinajstić information content (AvgIpc) is 3.54. The van der Waals surface area contributed by atoms with Crippen LogP contribution in [0, 0.1) is 6.92 Å². The molecule has 39 heavy (non-hydrogen) atoms. The SMILES string of the molecule is COc1c(C)c2c(c([Si](C)(C)C(C)(C)C)c1CC(OC(=O)NC(C)c1ccccc1)C1=CCCC1)C(=O)OC2. The van der Waals surface area contributed by atoms with Crippen LogP contribution in [0.25, 0.3) is 0 Å². The summed E-state index contributed by atoms with van der Waals surface area (Å²) in [6.45, 7) is 15.6. The third-order valence-corrected chi connectivity index (χ3v) is 14.5. The number of rotatable bonds is 8. The number of carbonyl (C=O) groups excluding carboxylic acids is 2. The lowest BCUT2D eigenvalue weighted by molar-refractivity contribution is 0.0535. The average molecular weight is 550 g/mol. The molecule has 2 aromatic rings. The minimum Gasteiger partial charge on any atom is -0.496 e. The molecule has 1 aliphatic carbocycles. The Balaban J connectivity index is 1.78. The molecule has 1 aliphatic heterocycles. The summed E-state index contributed by atoms with van der Waals surface area (Å²) in [5.41, 5.74) is 5.67. The fourth-order valence-corrected chi connectivity index (χ4v) is 8.30. The van der Waals surface area contributed by atoms with Gasteiger partial charge in [-0.15, -0.1) is 0 Å². The lowest BCUT2D eigenvalue weighted by Crippen LogP contribution is -2.54. The molecule has 210 valence electrons. The van der Waals surface area contributed by atoms with Gasteiger partial charge in [0.1, 0.15) is 18.5 Å². The molecular weight excluding hydrogens is 506 g/mol. The standard InChI is InChI=1S/C32H43NO5Si/c1-20-25-19-37-30(34)27(25)29(39(7,8)32(3,4)5)24(28(20)36-6)18-26(23-16-12-13-17-23)38-31(35)33-21(2)22-14-10-9-11-15-22/h9-11,14-16,21,26H,12-13,17-19H2,1-8H3,(H,33,35). The van der Waals surface area contributed by atoms with E-state index in [9.17, 15) is 9.59 Å². The Bertz CT molecular complexity index is 1280. The first-order valence-electron chi connectivity index (χ1n) is 14.0. The highest BCUT2D eigenvalue weighted by Crippen LogP contribution is 2.42. The van der Waals surface area contributed by atoms with Gasteiger partial charge in [0.15, 0.2) is 0 Å². The van der Waals surface area contributed by atoms with Crippen LogP contribution >= 0.6 is 0 Å². The minimum atomic E-state index is -2.27. The smallest absolute Gasteiger partial charge is 0.408 e. The lowest BCUT2D eigenvalue weighted by Gasteiger charge is -2.40. The summed E-state index contributed by atoms with van der Waals surface area (Å²) in [6, 6.07) is 9.67. The van der Waals surface area contributed by atoms with E-state index >= 15 is 0 Å².